The lowest BCUT2D eigenvalue weighted by atomic mass is 10.2. The molecule has 20 heavy (non-hydrogen) atoms. The highest BCUT2D eigenvalue weighted by Crippen LogP contribution is 2.17. The van der Waals surface area contributed by atoms with Gasteiger partial charge in [0.1, 0.15) is 6.10 Å². The molecule has 2 aliphatic rings. The van der Waals surface area contributed by atoms with Crippen LogP contribution in [-0.2, 0) is 9.53 Å². The Morgan fingerprint density at radius 2 is 2.05 bits per heavy atom. The maximum atomic E-state index is 12.2. The van der Waals surface area contributed by atoms with Gasteiger partial charge < -0.3 is 14.5 Å². The molecule has 0 saturated carbocycles. The Bertz CT molecular complexity index is 463. The first-order valence-electron chi connectivity index (χ1n) is 7.20. The van der Waals surface area contributed by atoms with Gasteiger partial charge in [-0.25, -0.2) is 0 Å². The van der Waals surface area contributed by atoms with Gasteiger partial charge in [0.05, 0.1) is 5.69 Å². The maximum absolute atomic E-state index is 12.2. The van der Waals surface area contributed by atoms with Crippen molar-refractivity contribution in [1.29, 1.82) is 0 Å². The first-order chi connectivity index (χ1) is 9.74. The second-order valence-electron chi connectivity index (χ2n) is 5.35. The molecule has 0 radical (unpaired) electrons. The molecule has 2 fully saturated rings. The van der Waals surface area contributed by atoms with Crippen molar-refractivity contribution in [2.24, 2.45) is 0 Å². The van der Waals surface area contributed by atoms with Gasteiger partial charge in [-0.3, -0.25) is 4.79 Å². The fourth-order valence-corrected chi connectivity index (χ4v) is 2.69. The van der Waals surface area contributed by atoms with E-state index in [4.69, 9.17) is 4.74 Å². The number of anilines is 1. The molecule has 3 heterocycles. The molecule has 0 N–H and O–H groups in total. The van der Waals surface area contributed by atoms with Crippen LogP contribution in [0.3, 0.4) is 0 Å². The number of nitrogens with zero attached hydrogens (tertiary/aromatic N) is 4. The Morgan fingerprint density at radius 3 is 2.65 bits per heavy atom. The first kappa shape index (κ1) is 13.3. The van der Waals surface area contributed by atoms with E-state index < -0.39 is 0 Å². The summed E-state index contributed by atoms with van der Waals surface area (Å²) in [5.41, 5.74) is 0.918. The van der Waals surface area contributed by atoms with Gasteiger partial charge >= 0.3 is 0 Å². The zero-order valence-electron chi connectivity index (χ0n) is 11.8. The summed E-state index contributed by atoms with van der Waals surface area (Å²) in [6.07, 6.45) is 1.65. The van der Waals surface area contributed by atoms with Gasteiger partial charge in [-0.2, -0.15) is 5.10 Å². The Balaban J connectivity index is 1.56. The van der Waals surface area contributed by atoms with Gasteiger partial charge in [-0.1, -0.05) is 0 Å². The van der Waals surface area contributed by atoms with Crippen molar-refractivity contribution < 1.29 is 9.53 Å². The molecule has 6 nitrogen and oxygen atoms in total. The molecule has 6 heteroatoms. The summed E-state index contributed by atoms with van der Waals surface area (Å²) in [6.45, 7) is 5.71. The summed E-state index contributed by atoms with van der Waals surface area (Å²) in [4.78, 5) is 16.3. The average molecular weight is 276 g/mol. The highest BCUT2D eigenvalue weighted by atomic mass is 16.5. The Hall–Kier alpha value is -1.69. The van der Waals surface area contributed by atoms with Crippen molar-refractivity contribution in [2.45, 2.75) is 25.9 Å². The lowest BCUT2D eigenvalue weighted by Crippen LogP contribution is -2.51. The normalized spacial score (nSPS) is 23.1. The topological polar surface area (TPSA) is 58.6 Å². The summed E-state index contributed by atoms with van der Waals surface area (Å²) in [6, 6.07) is 3.95. The molecular formula is C14H20N4O2. The van der Waals surface area contributed by atoms with Gasteiger partial charge in [0.25, 0.3) is 5.91 Å². The monoisotopic (exact) mass is 276 g/mol. The standard InChI is InChI=1S/C14H20N4O2/c1-11-4-5-13(16-15-11)17-6-8-18(9-7-17)14(19)12-3-2-10-20-12/h4-5,12H,2-3,6-10H2,1H3. The average Bonchev–Trinajstić information content (AvgIpc) is 3.02. The number of piperazine rings is 1. The molecule has 0 spiro atoms. The fraction of sp³-hybridized carbons (Fsp3) is 0.643. The molecule has 1 amide bonds. The SMILES string of the molecule is Cc1ccc(N2CCN(C(=O)C3CCCO3)CC2)nn1. The number of hydrogen-bond acceptors (Lipinski definition) is 5. The number of ether oxygens (including phenoxy) is 1. The fourth-order valence-electron chi connectivity index (χ4n) is 2.69. The van der Waals surface area contributed by atoms with Crippen LogP contribution in [0.25, 0.3) is 0 Å². The zero-order valence-corrected chi connectivity index (χ0v) is 11.8. The maximum Gasteiger partial charge on any atom is 0.251 e. The van der Waals surface area contributed by atoms with Crippen LogP contribution >= 0.6 is 0 Å². The van der Waals surface area contributed by atoms with E-state index in [1.165, 1.54) is 0 Å². The minimum atomic E-state index is -0.208. The number of carbonyl (C=O) groups is 1. The van der Waals surface area contributed by atoms with Crippen LogP contribution < -0.4 is 4.90 Å². The molecule has 0 bridgehead atoms. The van der Waals surface area contributed by atoms with Crippen molar-refractivity contribution in [1.82, 2.24) is 15.1 Å². The zero-order chi connectivity index (χ0) is 13.9. The number of carbonyl (C=O) groups excluding carboxylic acids is 1. The minimum absolute atomic E-state index is 0.150. The molecule has 2 saturated heterocycles. The van der Waals surface area contributed by atoms with E-state index in [0.717, 1.165) is 57.1 Å². The predicted octanol–water partition coefficient (Wildman–Crippen LogP) is 0.613. The lowest BCUT2D eigenvalue weighted by molar-refractivity contribution is -0.141. The van der Waals surface area contributed by atoms with Crippen LogP contribution in [0.2, 0.25) is 0 Å². The minimum Gasteiger partial charge on any atom is -0.368 e. The highest BCUT2D eigenvalue weighted by Gasteiger charge is 2.30. The van der Waals surface area contributed by atoms with Gasteiger partial charge in [-0.15, -0.1) is 5.10 Å². The molecule has 1 unspecified atom stereocenters. The molecule has 0 aliphatic carbocycles. The van der Waals surface area contributed by atoms with Crippen molar-refractivity contribution >= 4 is 11.7 Å². The van der Waals surface area contributed by atoms with Gasteiger partial charge in [-0.05, 0) is 31.9 Å². The molecular weight excluding hydrogens is 256 g/mol. The lowest BCUT2D eigenvalue weighted by Gasteiger charge is -2.36. The van der Waals surface area contributed by atoms with Gasteiger partial charge in [0.2, 0.25) is 0 Å². The predicted molar refractivity (Wildman–Crippen MR) is 74.5 cm³/mol. The van der Waals surface area contributed by atoms with Crippen LogP contribution in [-0.4, -0.2) is 59.9 Å². The third kappa shape index (κ3) is 2.75. The van der Waals surface area contributed by atoms with E-state index in [1.807, 2.05) is 24.0 Å². The van der Waals surface area contributed by atoms with Crippen LogP contribution in [0, 0.1) is 6.92 Å². The van der Waals surface area contributed by atoms with E-state index in [-0.39, 0.29) is 12.0 Å². The number of aryl methyl sites for hydroxylation is 1. The number of amides is 1. The van der Waals surface area contributed by atoms with E-state index in [9.17, 15) is 4.79 Å². The Morgan fingerprint density at radius 1 is 1.25 bits per heavy atom. The summed E-state index contributed by atoms with van der Waals surface area (Å²) < 4.78 is 5.47. The third-order valence-electron chi connectivity index (χ3n) is 3.90. The summed E-state index contributed by atoms with van der Waals surface area (Å²) in [5, 5.41) is 8.28. The second-order valence-corrected chi connectivity index (χ2v) is 5.35. The van der Waals surface area contributed by atoms with Gasteiger partial charge in [0.15, 0.2) is 5.82 Å². The molecule has 2 aliphatic heterocycles. The van der Waals surface area contributed by atoms with Crippen LogP contribution in [0.4, 0.5) is 5.82 Å². The number of hydrogen-bond donors (Lipinski definition) is 0. The highest BCUT2D eigenvalue weighted by molar-refractivity contribution is 5.81. The third-order valence-corrected chi connectivity index (χ3v) is 3.90. The van der Waals surface area contributed by atoms with Crippen LogP contribution in [0.15, 0.2) is 12.1 Å². The first-order valence-corrected chi connectivity index (χ1v) is 7.20. The van der Waals surface area contributed by atoms with Crippen molar-refractivity contribution in [2.75, 3.05) is 37.7 Å². The summed E-state index contributed by atoms with van der Waals surface area (Å²) in [7, 11) is 0. The molecule has 3 rings (SSSR count). The molecule has 108 valence electrons. The number of rotatable bonds is 2. The van der Waals surface area contributed by atoms with E-state index in [1.54, 1.807) is 0 Å². The number of aromatic nitrogens is 2. The summed E-state index contributed by atoms with van der Waals surface area (Å²) >= 11 is 0. The summed E-state index contributed by atoms with van der Waals surface area (Å²) in [5.74, 6) is 1.04. The largest absolute Gasteiger partial charge is 0.368 e. The van der Waals surface area contributed by atoms with Gasteiger partial charge in [0, 0.05) is 32.8 Å². The van der Waals surface area contributed by atoms with Crippen LogP contribution in [0.5, 0.6) is 0 Å². The Kier molecular flexibility index (Phi) is 3.82. The van der Waals surface area contributed by atoms with Crippen molar-refractivity contribution in [3.63, 3.8) is 0 Å². The van der Waals surface area contributed by atoms with E-state index >= 15 is 0 Å². The Labute approximate surface area is 118 Å². The molecule has 1 aromatic rings. The molecule has 1 aromatic heterocycles. The van der Waals surface area contributed by atoms with Crippen molar-refractivity contribution in [3.8, 4) is 0 Å². The van der Waals surface area contributed by atoms with Crippen molar-refractivity contribution in [3.05, 3.63) is 17.8 Å². The molecule has 1 atom stereocenters. The quantitative estimate of drug-likeness (QED) is 0.792. The smallest absolute Gasteiger partial charge is 0.251 e. The van der Waals surface area contributed by atoms with E-state index in [2.05, 4.69) is 15.1 Å². The second kappa shape index (κ2) is 5.75. The van der Waals surface area contributed by atoms with Crippen LogP contribution in [0.1, 0.15) is 18.5 Å². The molecule has 0 aromatic carbocycles. The van der Waals surface area contributed by atoms with E-state index in [0.29, 0.717) is 0 Å².